The molecule has 3 unspecified atom stereocenters. The largest absolute Gasteiger partial charge is 0.377 e. The van der Waals surface area contributed by atoms with Crippen LogP contribution in [0.4, 0.5) is 0 Å². The summed E-state index contributed by atoms with van der Waals surface area (Å²) in [6.07, 6.45) is 4.37. The van der Waals surface area contributed by atoms with Gasteiger partial charge in [-0.05, 0) is 39.4 Å². The Labute approximate surface area is 130 Å². The SMILES string of the molecule is CN1CCN(CCCNC2C3CCCOC3C2(C)C)CC1. The third-order valence-corrected chi connectivity index (χ3v) is 5.94. The van der Waals surface area contributed by atoms with Crippen LogP contribution in [0, 0.1) is 11.3 Å². The number of likely N-dealkylation sites (N-methyl/N-ethyl adjacent to an activating group) is 1. The number of hydrogen-bond acceptors (Lipinski definition) is 4. The van der Waals surface area contributed by atoms with E-state index in [1.165, 1.54) is 52.0 Å². The second kappa shape index (κ2) is 6.53. The highest BCUT2D eigenvalue weighted by molar-refractivity contribution is 5.10. The van der Waals surface area contributed by atoms with E-state index in [4.69, 9.17) is 4.74 Å². The molecule has 1 saturated carbocycles. The lowest BCUT2D eigenvalue weighted by Crippen LogP contribution is -2.69. The minimum atomic E-state index is 0.318. The summed E-state index contributed by atoms with van der Waals surface area (Å²) in [5.74, 6) is 0.761. The molecule has 0 aromatic rings. The first-order valence-electron chi connectivity index (χ1n) is 8.85. The lowest BCUT2D eigenvalue weighted by molar-refractivity contribution is -0.192. The molecule has 1 aliphatic carbocycles. The van der Waals surface area contributed by atoms with Crippen LogP contribution < -0.4 is 5.32 Å². The first-order valence-corrected chi connectivity index (χ1v) is 8.85. The smallest absolute Gasteiger partial charge is 0.0684 e. The Bertz CT molecular complexity index is 339. The van der Waals surface area contributed by atoms with E-state index in [0.29, 0.717) is 17.6 Å². The molecule has 0 aromatic heterocycles. The van der Waals surface area contributed by atoms with Crippen LogP contribution >= 0.6 is 0 Å². The second-order valence-corrected chi connectivity index (χ2v) is 7.85. The lowest BCUT2D eigenvalue weighted by Gasteiger charge is -2.60. The molecule has 0 amide bonds. The zero-order valence-electron chi connectivity index (χ0n) is 14.1. The standard InChI is InChI=1S/C17H33N3O/c1-17(2)15(14-6-4-13-21-16(14)17)18-7-5-8-20-11-9-19(3)10-12-20/h14-16,18H,4-13H2,1-3H3. The van der Waals surface area contributed by atoms with Crippen LogP contribution in [0.15, 0.2) is 0 Å². The van der Waals surface area contributed by atoms with Crippen molar-refractivity contribution in [1.82, 2.24) is 15.1 Å². The van der Waals surface area contributed by atoms with Crippen LogP contribution in [0.5, 0.6) is 0 Å². The normalized spacial score (nSPS) is 37.0. The number of rotatable bonds is 5. The highest BCUT2D eigenvalue weighted by atomic mass is 16.5. The first kappa shape index (κ1) is 15.7. The number of fused-ring (bicyclic) bond motifs is 1. The van der Waals surface area contributed by atoms with Gasteiger partial charge in [-0.1, -0.05) is 13.8 Å². The Hall–Kier alpha value is -0.160. The summed E-state index contributed by atoms with van der Waals surface area (Å²) in [5.41, 5.74) is 0.318. The molecule has 0 bridgehead atoms. The molecule has 4 heteroatoms. The van der Waals surface area contributed by atoms with Gasteiger partial charge in [0, 0.05) is 50.2 Å². The lowest BCUT2D eigenvalue weighted by atomic mass is 9.55. The van der Waals surface area contributed by atoms with Gasteiger partial charge in [-0.25, -0.2) is 0 Å². The summed E-state index contributed by atoms with van der Waals surface area (Å²) in [4.78, 5) is 5.04. The van der Waals surface area contributed by atoms with Crippen LogP contribution in [0.1, 0.15) is 33.1 Å². The fraction of sp³-hybridized carbons (Fsp3) is 1.00. The molecule has 3 atom stereocenters. The maximum atomic E-state index is 5.98. The molecular weight excluding hydrogens is 262 g/mol. The first-order chi connectivity index (χ1) is 10.1. The van der Waals surface area contributed by atoms with Crippen molar-refractivity contribution in [2.24, 2.45) is 11.3 Å². The molecule has 0 radical (unpaired) electrons. The van der Waals surface area contributed by atoms with Crippen molar-refractivity contribution in [2.75, 3.05) is 52.9 Å². The van der Waals surface area contributed by atoms with Gasteiger partial charge in [0.25, 0.3) is 0 Å². The van der Waals surface area contributed by atoms with E-state index in [0.717, 1.165) is 19.1 Å². The Morgan fingerprint density at radius 3 is 2.71 bits per heavy atom. The van der Waals surface area contributed by atoms with E-state index in [2.05, 4.69) is 36.0 Å². The van der Waals surface area contributed by atoms with E-state index in [-0.39, 0.29) is 0 Å². The topological polar surface area (TPSA) is 27.7 Å². The zero-order valence-corrected chi connectivity index (χ0v) is 14.1. The number of nitrogens with zero attached hydrogens (tertiary/aromatic N) is 2. The van der Waals surface area contributed by atoms with Crippen LogP contribution in [0.25, 0.3) is 0 Å². The van der Waals surface area contributed by atoms with Gasteiger partial charge in [-0.3, -0.25) is 0 Å². The quantitative estimate of drug-likeness (QED) is 0.776. The molecular formula is C17H33N3O. The molecule has 4 nitrogen and oxygen atoms in total. The third kappa shape index (κ3) is 3.29. The predicted octanol–water partition coefficient (Wildman–Crippen LogP) is 1.42. The van der Waals surface area contributed by atoms with Crippen LogP contribution in [-0.2, 0) is 4.74 Å². The molecule has 2 saturated heterocycles. The molecule has 21 heavy (non-hydrogen) atoms. The van der Waals surface area contributed by atoms with Gasteiger partial charge < -0.3 is 19.9 Å². The summed E-state index contributed by atoms with van der Waals surface area (Å²) in [7, 11) is 2.22. The van der Waals surface area contributed by atoms with Gasteiger partial charge in [-0.2, -0.15) is 0 Å². The van der Waals surface area contributed by atoms with Gasteiger partial charge >= 0.3 is 0 Å². The predicted molar refractivity (Wildman–Crippen MR) is 86.6 cm³/mol. The minimum absolute atomic E-state index is 0.318. The van der Waals surface area contributed by atoms with E-state index in [1.54, 1.807) is 0 Å². The molecule has 0 aromatic carbocycles. The Balaban J connectivity index is 1.36. The van der Waals surface area contributed by atoms with Crippen LogP contribution in [0.2, 0.25) is 0 Å². The third-order valence-electron chi connectivity index (χ3n) is 5.94. The average molecular weight is 295 g/mol. The van der Waals surface area contributed by atoms with Gasteiger partial charge in [0.05, 0.1) is 6.10 Å². The Morgan fingerprint density at radius 2 is 1.95 bits per heavy atom. The average Bonchev–Trinajstić information content (AvgIpc) is 2.49. The Morgan fingerprint density at radius 1 is 1.19 bits per heavy atom. The van der Waals surface area contributed by atoms with E-state index in [9.17, 15) is 0 Å². The number of hydrogen-bond donors (Lipinski definition) is 1. The van der Waals surface area contributed by atoms with E-state index < -0.39 is 0 Å². The van der Waals surface area contributed by atoms with Crippen molar-refractivity contribution >= 4 is 0 Å². The summed E-state index contributed by atoms with van der Waals surface area (Å²) in [6, 6.07) is 0.662. The summed E-state index contributed by atoms with van der Waals surface area (Å²) in [5, 5.41) is 3.84. The zero-order chi connectivity index (χ0) is 14.9. The molecule has 2 heterocycles. The van der Waals surface area contributed by atoms with Crippen molar-refractivity contribution in [3.8, 4) is 0 Å². The fourth-order valence-electron chi connectivity index (χ4n) is 4.57. The van der Waals surface area contributed by atoms with Crippen molar-refractivity contribution in [3.05, 3.63) is 0 Å². The molecule has 3 aliphatic rings. The van der Waals surface area contributed by atoms with Crippen molar-refractivity contribution in [3.63, 3.8) is 0 Å². The van der Waals surface area contributed by atoms with Crippen LogP contribution in [0.3, 0.4) is 0 Å². The van der Waals surface area contributed by atoms with Gasteiger partial charge in [0.2, 0.25) is 0 Å². The number of piperazine rings is 1. The van der Waals surface area contributed by atoms with Crippen molar-refractivity contribution in [1.29, 1.82) is 0 Å². The van der Waals surface area contributed by atoms with Crippen molar-refractivity contribution in [2.45, 2.75) is 45.3 Å². The highest BCUT2D eigenvalue weighted by Crippen LogP contribution is 2.51. The molecule has 0 spiro atoms. The molecule has 122 valence electrons. The van der Waals surface area contributed by atoms with E-state index >= 15 is 0 Å². The van der Waals surface area contributed by atoms with Crippen LogP contribution in [-0.4, -0.2) is 74.9 Å². The minimum Gasteiger partial charge on any atom is -0.377 e. The fourth-order valence-corrected chi connectivity index (χ4v) is 4.57. The number of ether oxygens (including phenoxy) is 1. The molecule has 3 rings (SSSR count). The maximum absolute atomic E-state index is 5.98. The summed E-state index contributed by atoms with van der Waals surface area (Å²) < 4.78 is 5.98. The van der Waals surface area contributed by atoms with Gasteiger partial charge in [0.1, 0.15) is 0 Å². The summed E-state index contributed by atoms with van der Waals surface area (Å²) in [6.45, 7) is 13.1. The molecule has 1 N–H and O–H groups in total. The number of nitrogens with one attached hydrogen (secondary N) is 1. The maximum Gasteiger partial charge on any atom is 0.0684 e. The van der Waals surface area contributed by atoms with Gasteiger partial charge in [-0.15, -0.1) is 0 Å². The molecule has 3 fully saturated rings. The highest BCUT2D eigenvalue weighted by Gasteiger charge is 2.57. The summed E-state index contributed by atoms with van der Waals surface area (Å²) >= 11 is 0. The van der Waals surface area contributed by atoms with Gasteiger partial charge in [0.15, 0.2) is 0 Å². The monoisotopic (exact) mass is 295 g/mol. The van der Waals surface area contributed by atoms with E-state index in [1.807, 2.05) is 0 Å². The Kier molecular flexibility index (Phi) is 4.89. The second-order valence-electron chi connectivity index (χ2n) is 7.85. The van der Waals surface area contributed by atoms with Crippen molar-refractivity contribution < 1.29 is 4.74 Å². The molecule has 2 aliphatic heterocycles.